The summed E-state index contributed by atoms with van der Waals surface area (Å²) < 4.78 is 6.00. The van der Waals surface area contributed by atoms with E-state index in [2.05, 4.69) is 18.7 Å². The normalized spacial score (nSPS) is 37.0. The van der Waals surface area contributed by atoms with Crippen molar-refractivity contribution in [2.45, 2.75) is 63.9 Å². The van der Waals surface area contributed by atoms with E-state index in [-0.39, 0.29) is 17.6 Å². The fourth-order valence-corrected chi connectivity index (χ4v) is 3.38. The molecule has 2 atom stereocenters. The Morgan fingerprint density at radius 3 is 2.06 bits per heavy atom. The number of hydrogen-bond donors (Lipinski definition) is 2. The molecule has 0 aromatic carbocycles. The van der Waals surface area contributed by atoms with Gasteiger partial charge in [0.05, 0.1) is 23.4 Å². The molecule has 0 radical (unpaired) electrons. The van der Waals surface area contributed by atoms with E-state index in [4.69, 9.17) is 4.74 Å². The highest BCUT2D eigenvalue weighted by molar-refractivity contribution is 5.02. The topological polar surface area (TPSA) is 52.9 Å². The maximum atomic E-state index is 10.4. The number of aliphatic hydroxyl groups excluding tert-OH is 2. The van der Waals surface area contributed by atoms with Crippen molar-refractivity contribution >= 4 is 0 Å². The minimum Gasteiger partial charge on any atom is -0.393 e. The molecule has 0 aromatic rings. The SMILES string of the molecule is CC1(C)OC(C)(C)C(CN2CCC(O)CC2)C1O. The van der Waals surface area contributed by atoms with Crippen molar-refractivity contribution < 1.29 is 14.9 Å². The zero-order chi connectivity index (χ0) is 13.6. The summed E-state index contributed by atoms with van der Waals surface area (Å²) in [6, 6.07) is 0. The van der Waals surface area contributed by atoms with Crippen LogP contribution < -0.4 is 0 Å². The molecule has 2 N–H and O–H groups in total. The first-order valence-corrected chi connectivity index (χ1v) is 7.01. The van der Waals surface area contributed by atoms with E-state index < -0.39 is 11.7 Å². The molecule has 0 bridgehead atoms. The van der Waals surface area contributed by atoms with Gasteiger partial charge >= 0.3 is 0 Å². The van der Waals surface area contributed by atoms with Crippen LogP contribution in [0.1, 0.15) is 40.5 Å². The van der Waals surface area contributed by atoms with E-state index >= 15 is 0 Å². The molecule has 2 rings (SSSR count). The van der Waals surface area contributed by atoms with Crippen LogP contribution in [0.5, 0.6) is 0 Å². The Hall–Kier alpha value is -0.160. The van der Waals surface area contributed by atoms with E-state index in [1.807, 2.05) is 13.8 Å². The molecule has 2 aliphatic heterocycles. The molecular weight excluding hydrogens is 230 g/mol. The smallest absolute Gasteiger partial charge is 0.0896 e. The van der Waals surface area contributed by atoms with Crippen LogP contribution in [0.4, 0.5) is 0 Å². The lowest BCUT2D eigenvalue weighted by atomic mass is 9.84. The fourth-order valence-electron chi connectivity index (χ4n) is 3.38. The molecule has 2 heterocycles. The molecule has 2 fully saturated rings. The molecule has 4 heteroatoms. The van der Waals surface area contributed by atoms with Crippen LogP contribution in [0, 0.1) is 5.92 Å². The molecule has 0 spiro atoms. The van der Waals surface area contributed by atoms with Gasteiger partial charge in [0.1, 0.15) is 0 Å². The Morgan fingerprint density at radius 2 is 1.61 bits per heavy atom. The van der Waals surface area contributed by atoms with Crippen molar-refractivity contribution in [2.75, 3.05) is 19.6 Å². The molecule has 0 aromatic heterocycles. The second kappa shape index (κ2) is 4.75. The largest absolute Gasteiger partial charge is 0.393 e. The zero-order valence-electron chi connectivity index (χ0n) is 12.0. The number of aliphatic hydroxyl groups is 2. The molecule has 0 saturated carbocycles. The second-order valence-corrected chi connectivity index (χ2v) is 6.89. The van der Waals surface area contributed by atoms with Gasteiger partial charge in [0.25, 0.3) is 0 Å². The molecule has 0 amide bonds. The Bertz CT molecular complexity index is 295. The molecule has 2 saturated heterocycles. The van der Waals surface area contributed by atoms with Crippen LogP contribution in [0.25, 0.3) is 0 Å². The Balaban J connectivity index is 2.00. The monoisotopic (exact) mass is 257 g/mol. The van der Waals surface area contributed by atoms with Gasteiger partial charge in [0, 0.05) is 25.6 Å². The summed E-state index contributed by atoms with van der Waals surface area (Å²) in [7, 11) is 0. The second-order valence-electron chi connectivity index (χ2n) is 6.89. The Labute approximate surface area is 110 Å². The summed E-state index contributed by atoms with van der Waals surface area (Å²) in [5.74, 6) is 0.128. The van der Waals surface area contributed by atoms with Gasteiger partial charge < -0.3 is 19.8 Å². The maximum absolute atomic E-state index is 10.4. The summed E-state index contributed by atoms with van der Waals surface area (Å²) in [5.41, 5.74) is -0.761. The van der Waals surface area contributed by atoms with Crippen LogP contribution in [-0.4, -0.2) is 58.2 Å². The van der Waals surface area contributed by atoms with Gasteiger partial charge in [-0.3, -0.25) is 0 Å². The van der Waals surface area contributed by atoms with Gasteiger partial charge in [-0.05, 0) is 40.5 Å². The molecule has 4 nitrogen and oxygen atoms in total. The number of nitrogens with zero attached hydrogens (tertiary/aromatic N) is 1. The van der Waals surface area contributed by atoms with Gasteiger partial charge in [-0.25, -0.2) is 0 Å². The molecule has 18 heavy (non-hydrogen) atoms. The summed E-state index contributed by atoms with van der Waals surface area (Å²) in [6.07, 6.45) is 1.11. The third kappa shape index (κ3) is 2.72. The van der Waals surface area contributed by atoms with Crippen molar-refractivity contribution in [3.63, 3.8) is 0 Å². The Kier molecular flexibility index (Phi) is 3.76. The average Bonchev–Trinajstić information content (AvgIpc) is 2.39. The number of rotatable bonds is 2. The third-order valence-electron chi connectivity index (χ3n) is 4.52. The molecule has 106 valence electrons. The van der Waals surface area contributed by atoms with Gasteiger partial charge in [-0.2, -0.15) is 0 Å². The van der Waals surface area contributed by atoms with Crippen LogP contribution in [-0.2, 0) is 4.74 Å². The fraction of sp³-hybridized carbons (Fsp3) is 1.00. The lowest BCUT2D eigenvalue weighted by molar-refractivity contribution is -0.0915. The highest BCUT2D eigenvalue weighted by atomic mass is 16.5. The predicted octanol–water partition coefficient (Wildman–Crippen LogP) is 1.01. The first-order valence-electron chi connectivity index (χ1n) is 7.01. The quantitative estimate of drug-likeness (QED) is 0.775. The van der Waals surface area contributed by atoms with E-state index in [1.54, 1.807) is 0 Å². The number of hydrogen-bond acceptors (Lipinski definition) is 4. The predicted molar refractivity (Wildman–Crippen MR) is 70.4 cm³/mol. The summed E-state index contributed by atoms with van der Waals surface area (Å²) in [6.45, 7) is 10.7. The number of piperidine rings is 1. The highest BCUT2D eigenvalue weighted by Crippen LogP contribution is 2.42. The zero-order valence-corrected chi connectivity index (χ0v) is 12.0. The van der Waals surface area contributed by atoms with Crippen molar-refractivity contribution in [1.82, 2.24) is 4.90 Å². The number of ether oxygens (including phenoxy) is 1. The summed E-state index contributed by atoms with van der Waals surface area (Å²) in [4.78, 5) is 2.34. The van der Waals surface area contributed by atoms with Crippen molar-refractivity contribution in [3.05, 3.63) is 0 Å². The van der Waals surface area contributed by atoms with Crippen molar-refractivity contribution in [3.8, 4) is 0 Å². The van der Waals surface area contributed by atoms with E-state index in [0.29, 0.717) is 0 Å². The molecule has 2 aliphatic rings. The summed E-state index contributed by atoms with van der Waals surface area (Å²) in [5, 5.41) is 20.0. The maximum Gasteiger partial charge on any atom is 0.0896 e. The van der Waals surface area contributed by atoms with Crippen LogP contribution >= 0.6 is 0 Å². The average molecular weight is 257 g/mol. The van der Waals surface area contributed by atoms with Gasteiger partial charge in [0.15, 0.2) is 0 Å². The van der Waals surface area contributed by atoms with E-state index in [0.717, 1.165) is 32.5 Å². The van der Waals surface area contributed by atoms with Gasteiger partial charge in [0.2, 0.25) is 0 Å². The first-order chi connectivity index (χ1) is 8.22. The first kappa shape index (κ1) is 14.3. The van der Waals surface area contributed by atoms with Gasteiger partial charge in [-0.15, -0.1) is 0 Å². The minimum atomic E-state index is -0.469. The highest BCUT2D eigenvalue weighted by Gasteiger charge is 2.53. The Morgan fingerprint density at radius 1 is 1.06 bits per heavy atom. The minimum absolute atomic E-state index is 0.128. The lowest BCUT2D eigenvalue weighted by Crippen LogP contribution is -2.46. The standard InChI is InChI=1S/C14H27NO3/c1-13(2)11(12(17)14(3,4)18-13)9-15-7-5-10(16)6-8-15/h10-12,16-17H,5-9H2,1-4H3. The number of likely N-dealkylation sites (tertiary alicyclic amines) is 1. The van der Waals surface area contributed by atoms with Crippen LogP contribution in [0.15, 0.2) is 0 Å². The van der Waals surface area contributed by atoms with E-state index in [9.17, 15) is 10.2 Å². The van der Waals surface area contributed by atoms with E-state index in [1.165, 1.54) is 0 Å². The van der Waals surface area contributed by atoms with Crippen molar-refractivity contribution in [1.29, 1.82) is 0 Å². The lowest BCUT2D eigenvalue weighted by Gasteiger charge is -2.35. The molecule has 0 aliphatic carbocycles. The van der Waals surface area contributed by atoms with Crippen molar-refractivity contribution in [2.24, 2.45) is 5.92 Å². The van der Waals surface area contributed by atoms with Gasteiger partial charge in [-0.1, -0.05) is 0 Å². The molecular formula is C14H27NO3. The van der Waals surface area contributed by atoms with Crippen LogP contribution in [0.2, 0.25) is 0 Å². The van der Waals surface area contributed by atoms with Crippen LogP contribution in [0.3, 0.4) is 0 Å². The molecule has 2 unspecified atom stereocenters. The third-order valence-corrected chi connectivity index (χ3v) is 4.52. The summed E-state index contributed by atoms with van der Waals surface area (Å²) >= 11 is 0.